The lowest BCUT2D eigenvalue weighted by Gasteiger charge is -2.35. The molecule has 1 N–H and O–H groups in total. The van der Waals surface area contributed by atoms with E-state index in [0.29, 0.717) is 42.0 Å². The third kappa shape index (κ3) is 5.35. The van der Waals surface area contributed by atoms with Crippen LogP contribution in [-0.2, 0) is 24.2 Å². The first-order chi connectivity index (χ1) is 19.6. The van der Waals surface area contributed by atoms with Crippen LogP contribution in [0.15, 0.2) is 42.9 Å². The molecule has 1 amide bonds. The van der Waals surface area contributed by atoms with Crippen molar-refractivity contribution in [2.24, 2.45) is 11.8 Å². The van der Waals surface area contributed by atoms with Crippen molar-refractivity contribution in [1.29, 1.82) is 0 Å². The molecule has 40 heavy (non-hydrogen) atoms. The van der Waals surface area contributed by atoms with Gasteiger partial charge in [-0.15, -0.1) is 0 Å². The van der Waals surface area contributed by atoms with Gasteiger partial charge in [0.2, 0.25) is 5.91 Å². The molecule has 4 aromatic rings. The molecular weight excluding hydrogens is 505 g/mol. The van der Waals surface area contributed by atoms with Crippen LogP contribution in [0.4, 0.5) is 4.39 Å². The number of hydrogen-bond acceptors (Lipinski definition) is 6. The highest BCUT2D eigenvalue weighted by atomic mass is 19.1. The van der Waals surface area contributed by atoms with Crippen LogP contribution >= 0.6 is 0 Å². The minimum Gasteiger partial charge on any atom is -0.342 e. The second-order valence-electron chi connectivity index (χ2n) is 11.6. The molecule has 9 heteroatoms. The van der Waals surface area contributed by atoms with E-state index in [9.17, 15) is 4.79 Å². The summed E-state index contributed by atoms with van der Waals surface area (Å²) in [6, 6.07) is 9.91. The predicted octanol–water partition coefficient (Wildman–Crippen LogP) is 4.54. The normalized spacial score (nSPS) is 18.3. The Kier molecular flexibility index (Phi) is 6.75. The molecule has 1 aliphatic heterocycles. The van der Waals surface area contributed by atoms with Gasteiger partial charge >= 0.3 is 0 Å². The summed E-state index contributed by atoms with van der Waals surface area (Å²) in [7, 11) is 0. The zero-order chi connectivity index (χ0) is 27.1. The van der Waals surface area contributed by atoms with Crippen LogP contribution in [0.3, 0.4) is 0 Å². The maximum Gasteiger partial charge on any atom is 0.225 e. The second kappa shape index (κ2) is 10.7. The minimum absolute atomic E-state index is 0.294. The van der Waals surface area contributed by atoms with E-state index in [-0.39, 0.29) is 5.82 Å². The second-order valence-corrected chi connectivity index (χ2v) is 11.6. The van der Waals surface area contributed by atoms with Gasteiger partial charge in [0.1, 0.15) is 17.8 Å². The average Bonchev–Trinajstić information content (AvgIpc) is 3.71. The Labute approximate surface area is 233 Å². The number of carbonyl (C=O) groups is 1. The highest BCUT2D eigenvalue weighted by Gasteiger charge is 2.34. The number of amides is 1. The van der Waals surface area contributed by atoms with Crippen molar-refractivity contribution in [3.05, 3.63) is 71.4 Å². The van der Waals surface area contributed by atoms with Gasteiger partial charge in [-0.2, -0.15) is 0 Å². The lowest BCUT2D eigenvalue weighted by molar-refractivity contribution is -0.134. The SMILES string of the molecule is O=C(C1CC1)N1CCN(Cc2ccnc(Cc3nc4ccc(-c5ncnc(CC6CCC6)c5F)cc4[nH]3)c2)CC1. The van der Waals surface area contributed by atoms with E-state index >= 15 is 4.39 Å². The molecular formula is C31H34FN7O. The molecule has 4 heterocycles. The summed E-state index contributed by atoms with van der Waals surface area (Å²) in [6.45, 7) is 4.27. The maximum absolute atomic E-state index is 15.3. The number of imidazole rings is 1. The Hall–Kier alpha value is -3.72. The smallest absolute Gasteiger partial charge is 0.225 e. The first-order valence-electron chi connectivity index (χ1n) is 14.5. The van der Waals surface area contributed by atoms with Crippen molar-refractivity contribution >= 4 is 16.9 Å². The molecule has 2 aliphatic carbocycles. The number of rotatable bonds is 8. The maximum atomic E-state index is 15.3. The van der Waals surface area contributed by atoms with Gasteiger partial charge in [-0.25, -0.2) is 19.3 Å². The number of carbonyl (C=O) groups excluding carboxylic acids is 1. The standard InChI is InChI=1S/C31H34FN7O/c32-29-27(15-20-2-1-3-20)34-19-35-30(29)23-6-7-25-26(16-23)37-28(36-25)17-24-14-21(8-9-33-24)18-38-10-12-39(13-11-38)31(40)22-4-5-22/h6-9,14,16,19-20,22H,1-5,10-13,15,17-18H2,(H,36,37). The fraction of sp³-hybridized carbons (Fsp3) is 0.452. The van der Waals surface area contributed by atoms with E-state index in [1.54, 1.807) is 0 Å². The summed E-state index contributed by atoms with van der Waals surface area (Å²) in [5.41, 5.74) is 5.41. The van der Waals surface area contributed by atoms with Gasteiger partial charge in [-0.3, -0.25) is 14.7 Å². The number of aromatic nitrogens is 5. The molecule has 0 unspecified atom stereocenters. The summed E-state index contributed by atoms with van der Waals surface area (Å²) in [4.78, 5) is 38.0. The average molecular weight is 540 g/mol. The van der Waals surface area contributed by atoms with Gasteiger partial charge in [-0.05, 0) is 55.0 Å². The minimum atomic E-state index is -0.314. The first-order valence-corrected chi connectivity index (χ1v) is 14.5. The number of halogens is 1. The topological polar surface area (TPSA) is 90.9 Å². The molecule has 1 saturated heterocycles. The monoisotopic (exact) mass is 539 g/mol. The van der Waals surface area contributed by atoms with Gasteiger partial charge in [0, 0.05) is 62.5 Å². The summed E-state index contributed by atoms with van der Waals surface area (Å²) in [5, 5.41) is 0. The molecule has 1 aromatic carbocycles. The third-order valence-corrected chi connectivity index (χ3v) is 8.62. The molecule has 0 radical (unpaired) electrons. The van der Waals surface area contributed by atoms with Gasteiger partial charge in [0.05, 0.1) is 16.7 Å². The highest BCUT2D eigenvalue weighted by molar-refractivity contribution is 5.82. The molecule has 3 aromatic heterocycles. The van der Waals surface area contributed by atoms with Gasteiger partial charge in [0.15, 0.2) is 5.82 Å². The molecule has 2 saturated carbocycles. The van der Waals surface area contributed by atoms with Crippen LogP contribution < -0.4 is 0 Å². The van der Waals surface area contributed by atoms with Crippen LogP contribution in [0.1, 0.15) is 54.9 Å². The number of piperazine rings is 1. The van der Waals surface area contributed by atoms with E-state index in [1.807, 2.05) is 29.3 Å². The summed E-state index contributed by atoms with van der Waals surface area (Å²) in [5.74, 6) is 1.68. The Morgan fingerprint density at radius 1 is 1.00 bits per heavy atom. The number of nitrogens with one attached hydrogen (secondary N) is 1. The molecule has 0 bridgehead atoms. The zero-order valence-electron chi connectivity index (χ0n) is 22.7. The lowest BCUT2D eigenvalue weighted by Crippen LogP contribution is -2.48. The fourth-order valence-electron chi connectivity index (χ4n) is 5.88. The fourth-order valence-corrected chi connectivity index (χ4v) is 5.88. The third-order valence-electron chi connectivity index (χ3n) is 8.62. The Balaban J connectivity index is 1.02. The van der Waals surface area contributed by atoms with Gasteiger partial charge < -0.3 is 9.88 Å². The van der Waals surface area contributed by atoms with Crippen molar-refractivity contribution < 1.29 is 9.18 Å². The van der Waals surface area contributed by atoms with Gasteiger partial charge in [0.25, 0.3) is 0 Å². The van der Waals surface area contributed by atoms with Crippen LogP contribution in [-0.4, -0.2) is 66.8 Å². The molecule has 8 nitrogen and oxygen atoms in total. The lowest BCUT2D eigenvalue weighted by atomic mass is 9.82. The number of hydrogen-bond donors (Lipinski definition) is 1. The summed E-state index contributed by atoms with van der Waals surface area (Å²) < 4.78 is 15.3. The van der Waals surface area contributed by atoms with Crippen molar-refractivity contribution in [3.8, 4) is 11.3 Å². The quantitative estimate of drug-likeness (QED) is 0.354. The number of fused-ring (bicyclic) bond motifs is 1. The zero-order valence-corrected chi connectivity index (χ0v) is 22.7. The summed E-state index contributed by atoms with van der Waals surface area (Å²) >= 11 is 0. The van der Waals surface area contributed by atoms with Crippen LogP contribution in [0.25, 0.3) is 22.3 Å². The Bertz CT molecular complexity index is 1540. The van der Waals surface area contributed by atoms with E-state index in [0.717, 1.165) is 86.5 Å². The predicted molar refractivity (Wildman–Crippen MR) is 150 cm³/mol. The van der Waals surface area contributed by atoms with E-state index in [2.05, 4.69) is 37.0 Å². The molecule has 0 atom stereocenters. The molecule has 206 valence electrons. The Morgan fingerprint density at radius 2 is 1.85 bits per heavy atom. The van der Waals surface area contributed by atoms with E-state index in [4.69, 9.17) is 4.98 Å². The van der Waals surface area contributed by atoms with Gasteiger partial charge in [-0.1, -0.05) is 25.3 Å². The van der Waals surface area contributed by atoms with Crippen molar-refractivity contribution in [2.45, 2.75) is 51.5 Å². The highest BCUT2D eigenvalue weighted by Crippen LogP contribution is 2.32. The Morgan fingerprint density at radius 3 is 2.62 bits per heavy atom. The van der Waals surface area contributed by atoms with E-state index in [1.165, 1.54) is 18.3 Å². The molecule has 0 spiro atoms. The van der Waals surface area contributed by atoms with E-state index < -0.39 is 0 Å². The largest absolute Gasteiger partial charge is 0.342 e. The van der Waals surface area contributed by atoms with Crippen LogP contribution in [0.2, 0.25) is 0 Å². The number of H-pyrrole nitrogens is 1. The number of benzene rings is 1. The number of nitrogens with zero attached hydrogens (tertiary/aromatic N) is 6. The molecule has 7 rings (SSSR count). The van der Waals surface area contributed by atoms with Crippen molar-refractivity contribution in [1.82, 2.24) is 34.7 Å². The first kappa shape index (κ1) is 25.3. The summed E-state index contributed by atoms with van der Waals surface area (Å²) in [6.07, 6.45) is 10.2. The number of pyridine rings is 1. The van der Waals surface area contributed by atoms with Crippen molar-refractivity contribution in [2.75, 3.05) is 26.2 Å². The van der Waals surface area contributed by atoms with Crippen molar-refractivity contribution in [3.63, 3.8) is 0 Å². The molecule has 3 aliphatic rings. The van der Waals surface area contributed by atoms with Crippen LogP contribution in [0, 0.1) is 17.7 Å². The van der Waals surface area contributed by atoms with Crippen LogP contribution in [0.5, 0.6) is 0 Å². The molecule has 3 fully saturated rings. The number of aromatic amines is 1.